The lowest BCUT2D eigenvalue weighted by atomic mass is 10.1. The second-order valence-electron chi connectivity index (χ2n) is 5.96. The molecule has 8 heteroatoms. The van der Waals surface area contributed by atoms with Gasteiger partial charge in [-0.05, 0) is 25.0 Å². The molecule has 7 nitrogen and oxygen atoms in total. The highest BCUT2D eigenvalue weighted by atomic mass is 19.1. The van der Waals surface area contributed by atoms with Crippen molar-refractivity contribution >= 4 is 23.0 Å². The second kappa shape index (κ2) is 9.61. The third-order valence-electron chi connectivity index (χ3n) is 3.92. The van der Waals surface area contributed by atoms with Crippen LogP contribution in [0.1, 0.15) is 18.2 Å². The summed E-state index contributed by atoms with van der Waals surface area (Å²) in [6.07, 6.45) is 3.68. The number of H-pyrrole nitrogens is 1. The maximum absolute atomic E-state index is 14.3. The zero-order valence-corrected chi connectivity index (χ0v) is 15.8. The summed E-state index contributed by atoms with van der Waals surface area (Å²) in [5.41, 5.74) is 8.27. The molecule has 4 N–H and O–H groups in total. The van der Waals surface area contributed by atoms with Crippen LogP contribution in [0.5, 0.6) is 5.75 Å². The molecule has 0 unspecified atom stereocenters. The minimum absolute atomic E-state index is 0.0823. The number of allylic oxidation sites excluding steroid dienone is 1. The third kappa shape index (κ3) is 5.73. The number of aliphatic imine (C=N–C) groups is 1. The number of aromatic amines is 1. The molecule has 27 heavy (non-hydrogen) atoms. The molecule has 0 saturated carbocycles. The van der Waals surface area contributed by atoms with Crippen molar-refractivity contribution in [3.63, 3.8) is 0 Å². The molecule has 2 rings (SSSR count). The molecule has 146 valence electrons. The fraction of sp³-hybridized carbons (Fsp3) is 0.368. The molecule has 0 atom stereocenters. The maximum Gasteiger partial charge on any atom is 0.216 e. The summed E-state index contributed by atoms with van der Waals surface area (Å²) in [6.45, 7) is 4.23. The van der Waals surface area contributed by atoms with Gasteiger partial charge in [0.25, 0.3) is 0 Å². The Labute approximate surface area is 157 Å². The Balaban J connectivity index is 2.06. The minimum atomic E-state index is -0.459. The average molecular weight is 376 g/mol. The molecule has 1 aromatic heterocycles. The van der Waals surface area contributed by atoms with Crippen LogP contribution in [-0.4, -0.2) is 43.9 Å². The van der Waals surface area contributed by atoms with Crippen molar-refractivity contribution in [1.29, 1.82) is 0 Å². The van der Waals surface area contributed by atoms with E-state index in [1.165, 1.54) is 25.3 Å². The number of aromatic nitrogens is 1. The topological polar surface area (TPSA) is 102 Å². The van der Waals surface area contributed by atoms with Gasteiger partial charge in [0, 0.05) is 55.5 Å². The summed E-state index contributed by atoms with van der Waals surface area (Å²) in [5, 5.41) is 3.64. The van der Waals surface area contributed by atoms with Gasteiger partial charge in [-0.3, -0.25) is 9.79 Å². The normalized spacial score (nSPS) is 11.9. The summed E-state index contributed by atoms with van der Waals surface area (Å²) in [5.74, 6) is -0.190. The van der Waals surface area contributed by atoms with Gasteiger partial charge in [-0.2, -0.15) is 0 Å². The molecule has 1 aromatic carbocycles. The van der Waals surface area contributed by atoms with Crippen molar-refractivity contribution in [2.75, 3.05) is 26.8 Å². The average Bonchev–Trinajstić information content (AvgIpc) is 2.91. The molecule has 0 spiro atoms. The molecule has 0 fully saturated rings. The molecule has 0 bridgehead atoms. The number of nitrogens with two attached hydrogens (primary N) is 1. The zero-order valence-electron chi connectivity index (χ0n) is 15.8. The van der Waals surface area contributed by atoms with Gasteiger partial charge in [0.2, 0.25) is 5.91 Å². The molecule has 0 radical (unpaired) electrons. The van der Waals surface area contributed by atoms with E-state index in [1.54, 1.807) is 13.1 Å². The highest BCUT2D eigenvalue weighted by Gasteiger charge is 2.13. The molecule has 0 aliphatic rings. The van der Waals surface area contributed by atoms with Gasteiger partial charge in [-0.1, -0.05) is 0 Å². The first kappa shape index (κ1) is 20.3. The van der Waals surface area contributed by atoms with Crippen LogP contribution in [0.4, 0.5) is 4.39 Å². The van der Waals surface area contributed by atoms with Gasteiger partial charge in [0.15, 0.2) is 17.4 Å². The zero-order chi connectivity index (χ0) is 19.8. The molecule has 0 saturated heterocycles. The fourth-order valence-corrected chi connectivity index (χ4v) is 2.69. The van der Waals surface area contributed by atoms with Crippen LogP contribution in [0.3, 0.4) is 0 Å². The molecule has 1 amide bonds. The number of hydrogen-bond donors (Lipinski definition) is 3. The van der Waals surface area contributed by atoms with Crippen molar-refractivity contribution in [3.05, 3.63) is 41.2 Å². The number of nitrogens with zero attached hydrogens (tertiary/aromatic N) is 1. The maximum atomic E-state index is 14.3. The highest BCUT2D eigenvalue weighted by Crippen LogP contribution is 2.29. The number of amides is 1. The lowest BCUT2D eigenvalue weighted by Gasteiger charge is -2.10. The first-order valence-corrected chi connectivity index (χ1v) is 8.61. The van der Waals surface area contributed by atoms with Crippen LogP contribution in [0, 0.1) is 12.7 Å². The van der Waals surface area contributed by atoms with Crippen LogP contribution in [0.2, 0.25) is 0 Å². The Morgan fingerprint density at radius 1 is 1.41 bits per heavy atom. The predicted octanol–water partition coefficient (Wildman–Crippen LogP) is 2.19. The van der Waals surface area contributed by atoms with Crippen molar-refractivity contribution in [2.45, 2.75) is 20.3 Å². The molecule has 0 aliphatic carbocycles. The Morgan fingerprint density at radius 2 is 2.19 bits per heavy atom. The van der Waals surface area contributed by atoms with E-state index in [-0.39, 0.29) is 30.8 Å². The van der Waals surface area contributed by atoms with Crippen molar-refractivity contribution in [2.24, 2.45) is 10.7 Å². The van der Waals surface area contributed by atoms with E-state index in [9.17, 15) is 9.18 Å². The van der Waals surface area contributed by atoms with Gasteiger partial charge >= 0.3 is 0 Å². The smallest absolute Gasteiger partial charge is 0.216 e. The highest BCUT2D eigenvalue weighted by molar-refractivity contribution is 5.86. The van der Waals surface area contributed by atoms with Crippen molar-refractivity contribution in [1.82, 2.24) is 10.3 Å². The lowest BCUT2D eigenvalue weighted by molar-refractivity contribution is -0.118. The molecule has 2 aromatic rings. The van der Waals surface area contributed by atoms with Gasteiger partial charge in [0.05, 0.1) is 0 Å². The standard InChI is InChI=1S/C19H25FN4O3/c1-12-14(4-7-23-13(2)25)15-10-18(16(20)11-17(15)24-12)26-8-9-27-19(21)5-6-22-3/h5-6,10-11,24H,4,7-9,21H2,1-3H3,(H,23,25). The quantitative estimate of drug-likeness (QED) is 0.355. The van der Waals surface area contributed by atoms with E-state index in [1.807, 2.05) is 6.92 Å². The van der Waals surface area contributed by atoms with E-state index in [4.69, 9.17) is 15.2 Å². The van der Waals surface area contributed by atoms with E-state index in [0.717, 1.165) is 16.6 Å². The number of carbonyl (C=O) groups excluding carboxylic acids is 1. The van der Waals surface area contributed by atoms with E-state index in [2.05, 4.69) is 15.3 Å². The largest absolute Gasteiger partial charge is 0.487 e. The number of rotatable bonds is 9. The van der Waals surface area contributed by atoms with Crippen molar-refractivity contribution < 1.29 is 18.7 Å². The van der Waals surface area contributed by atoms with Crippen LogP contribution < -0.4 is 15.8 Å². The molecule has 1 heterocycles. The van der Waals surface area contributed by atoms with E-state index >= 15 is 0 Å². The van der Waals surface area contributed by atoms with E-state index in [0.29, 0.717) is 18.5 Å². The first-order valence-electron chi connectivity index (χ1n) is 8.61. The first-order chi connectivity index (χ1) is 12.9. The summed E-state index contributed by atoms with van der Waals surface area (Å²) in [7, 11) is 1.62. The summed E-state index contributed by atoms with van der Waals surface area (Å²) < 4.78 is 25.0. The molecular formula is C19H25FN4O3. The summed E-state index contributed by atoms with van der Waals surface area (Å²) in [4.78, 5) is 18.0. The minimum Gasteiger partial charge on any atom is -0.487 e. The number of carbonyl (C=O) groups is 1. The number of hydrogen-bond acceptors (Lipinski definition) is 5. The van der Waals surface area contributed by atoms with Gasteiger partial charge < -0.3 is 25.5 Å². The summed E-state index contributed by atoms with van der Waals surface area (Å²) in [6, 6.07) is 3.08. The molecular weight excluding hydrogens is 351 g/mol. The fourth-order valence-electron chi connectivity index (χ4n) is 2.69. The second-order valence-corrected chi connectivity index (χ2v) is 5.96. The van der Waals surface area contributed by atoms with Crippen LogP contribution in [0.15, 0.2) is 29.1 Å². The van der Waals surface area contributed by atoms with Crippen LogP contribution in [-0.2, 0) is 16.0 Å². The Morgan fingerprint density at radius 3 is 2.89 bits per heavy atom. The van der Waals surface area contributed by atoms with Crippen LogP contribution >= 0.6 is 0 Å². The Hall–Kier alpha value is -3.03. The SMILES string of the molecule is CN=CC=C(N)OCCOc1cc2c(CCNC(C)=O)c(C)[nH]c2cc1F. The number of ether oxygens (including phenoxy) is 2. The lowest BCUT2D eigenvalue weighted by Crippen LogP contribution is -2.22. The molecule has 0 aliphatic heterocycles. The predicted molar refractivity (Wildman–Crippen MR) is 104 cm³/mol. The van der Waals surface area contributed by atoms with Gasteiger partial charge in [-0.25, -0.2) is 4.39 Å². The number of nitrogens with one attached hydrogen (secondary N) is 2. The number of aryl methyl sites for hydroxylation is 1. The van der Waals surface area contributed by atoms with Crippen molar-refractivity contribution in [3.8, 4) is 5.75 Å². The third-order valence-corrected chi connectivity index (χ3v) is 3.92. The monoisotopic (exact) mass is 376 g/mol. The summed E-state index contributed by atoms with van der Waals surface area (Å²) >= 11 is 0. The number of fused-ring (bicyclic) bond motifs is 1. The van der Waals surface area contributed by atoms with Gasteiger partial charge in [0.1, 0.15) is 13.2 Å². The van der Waals surface area contributed by atoms with E-state index < -0.39 is 5.82 Å². The number of benzene rings is 1. The number of halogens is 1. The Bertz CT molecular complexity index is 858. The van der Waals surface area contributed by atoms with Crippen LogP contribution in [0.25, 0.3) is 10.9 Å². The Kier molecular flexibility index (Phi) is 7.22. The van der Waals surface area contributed by atoms with Gasteiger partial charge in [-0.15, -0.1) is 0 Å².